The van der Waals surface area contributed by atoms with Crippen LogP contribution in [0.3, 0.4) is 0 Å². The number of pyridine rings is 1. The summed E-state index contributed by atoms with van der Waals surface area (Å²) in [6.07, 6.45) is -1.94. The molecule has 0 bridgehead atoms. The van der Waals surface area contributed by atoms with Gasteiger partial charge in [0.1, 0.15) is 5.82 Å². The number of nitrogens with zero attached hydrogens (tertiary/aromatic N) is 5. The first-order valence-corrected chi connectivity index (χ1v) is 12.0. The van der Waals surface area contributed by atoms with Crippen molar-refractivity contribution in [1.82, 2.24) is 18.5 Å². The molecule has 174 valence electrons. The summed E-state index contributed by atoms with van der Waals surface area (Å²) in [4.78, 5) is 8.34. The van der Waals surface area contributed by atoms with Crippen LogP contribution in [0.2, 0.25) is 0 Å². The number of piperazine rings is 1. The normalized spacial score (nSPS) is 23.9. The predicted octanol–water partition coefficient (Wildman–Crippen LogP) is 1.26. The molecule has 0 spiro atoms. The van der Waals surface area contributed by atoms with Crippen LogP contribution in [0, 0.1) is 0 Å². The van der Waals surface area contributed by atoms with Crippen molar-refractivity contribution in [1.29, 1.82) is 0 Å². The highest BCUT2D eigenvalue weighted by Crippen LogP contribution is 2.30. The van der Waals surface area contributed by atoms with Crippen molar-refractivity contribution in [3.63, 3.8) is 0 Å². The van der Waals surface area contributed by atoms with Crippen LogP contribution in [0.15, 0.2) is 18.3 Å². The van der Waals surface area contributed by atoms with Crippen LogP contribution in [0.4, 0.5) is 19.0 Å². The van der Waals surface area contributed by atoms with Gasteiger partial charge in [-0.1, -0.05) is 0 Å². The molecule has 4 rings (SSSR count). The number of hydrogen-bond acceptors (Lipinski definition) is 6. The van der Waals surface area contributed by atoms with Gasteiger partial charge in [-0.25, -0.2) is 4.98 Å². The number of alkyl halides is 3. The van der Waals surface area contributed by atoms with Gasteiger partial charge in [0.25, 0.3) is 10.2 Å². The SMILES string of the molecule is O=S(=O)(N1CCOCC1)N1CCC(N2CCN(c3ccc(C(F)(F)F)cn3)CC2)CC1. The average Bonchev–Trinajstić information content (AvgIpc) is 2.79. The van der Waals surface area contributed by atoms with E-state index in [1.807, 2.05) is 4.90 Å². The van der Waals surface area contributed by atoms with Gasteiger partial charge in [0.2, 0.25) is 0 Å². The summed E-state index contributed by atoms with van der Waals surface area (Å²) < 4.78 is 72.1. The van der Waals surface area contributed by atoms with E-state index >= 15 is 0 Å². The Morgan fingerprint density at radius 2 is 1.52 bits per heavy atom. The van der Waals surface area contributed by atoms with Crippen molar-refractivity contribution in [3.8, 4) is 0 Å². The molecule has 1 aromatic heterocycles. The molecule has 0 aromatic carbocycles. The molecule has 0 atom stereocenters. The number of anilines is 1. The Kier molecular flexibility index (Phi) is 6.73. The molecular weight excluding hydrogens is 435 g/mol. The number of rotatable bonds is 4. The highest BCUT2D eigenvalue weighted by atomic mass is 32.2. The van der Waals surface area contributed by atoms with E-state index in [9.17, 15) is 21.6 Å². The lowest BCUT2D eigenvalue weighted by Crippen LogP contribution is -2.56. The molecule has 0 unspecified atom stereocenters. The van der Waals surface area contributed by atoms with E-state index in [-0.39, 0.29) is 0 Å². The quantitative estimate of drug-likeness (QED) is 0.670. The Balaban J connectivity index is 1.26. The van der Waals surface area contributed by atoms with E-state index in [0.29, 0.717) is 64.3 Å². The van der Waals surface area contributed by atoms with E-state index in [1.54, 1.807) is 4.31 Å². The van der Waals surface area contributed by atoms with E-state index in [4.69, 9.17) is 4.74 Å². The highest BCUT2D eigenvalue weighted by molar-refractivity contribution is 7.86. The van der Waals surface area contributed by atoms with Crippen LogP contribution >= 0.6 is 0 Å². The van der Waals surface area contributed by atoms with Gasteiger partial charge in [-0.05, 0) is 25.0 Å². The third-order valence-corrected chi connectivity index (χ3v) is 8.31. The first kappa shape index (κ1) is 22.7. The lowest BCUT2D eigenvalue weighted by Gasteiger charge is -2.43. The fourth-order valence-electron chi connectivity index (χ4n) is 4.44. The minimum Gasteiger partial charge on any atom is -0.379 e. The molecule has 0 amide bonds. The summed E-state index contributed by atoms with van der Waals surface area (Å²) in [5.74, 6) is 0.555. The number of hydrogen-bond donors (Lipinski definition) is 0. The molecule has 3 saturated heterocycles. The van der Waals surface area contributed by atoms with E-state index in [1.165, 1.54) is 10.4 Å². The second-order valence-corrected chi connectivity index (χ2v) is 10.0. The molecule has 31 heavy (non-hydrogen) atoms. The van der Waals surface area contributed by atoms with Crippen molar-refractivity contribution in [3.05, 3.63) is 23.9 Å². The largest absolute Gasteiger partial charge is 0.417 e. The minimum absolute atomic E-state index is 0.318. The molecule has 3 aliphatic rings. The van der Waals surface area contributed by atoms with Crippen molar-refractivity contribution in [2.45, 2.75) is 25.1 Å². The monoisotopic (exact) mass is 463 g/mol. The van der Waals surface area contributed by atoms with Crippen LogP contribution < -0.4 is 4.90 Å². The Hall–Kier alpha value is -1.47. The summed E-state index contributed by atoms with van der Waals surface area (Å²) in [6, 6.07) is 2.81. The van der Waals surface area contributed by atoms with Crippen molar-refractivity contribution in [2.24, 2.45) is 0 Å². The third-order valence-electron chi connectivity index (χ3n) is 6.28. The second kappa shape index (κ2) is 9.18. The zero-order chi connectivity index (χ0) is 22.1. The molecule has 0 aliphatic carbocycles. The Bertz CT molecular complexity index is 830. The summed E-state index contributed by atoms with van der Waals surface area (Å²) in [5, 5.41) is 0. The fraction of sp³-hybridized carbons (Fsp3) is 0.737. The number of aromatic nitrogens is 1. The number of ether oxygens (including phenoxy) is 1. The van der Waals surface area contributed by atoms with Crippen LogP contribution in [-0.4, -0.2) is 98.5 Å². The minimum atomic E-state index is -4.38. The van der Waals surface area contributed by atoms with E-state index in [2.05, 4.69) is 9.88 Å². The lowest BCUT2D eigenvalue weighted by atomic mass is 10.0. The smallest absolute Gasteiger partial charge is 0.379 e. The van der Waals surface area contributed by atoms with Gasteiger partial charge < -0.3 is 9.64 Å². The van der Waals surface area contributed by atoms with Crippen LogP contribution in [0.1, 0.15) is 18.4 Å². The predicted molar refractivity (Wildman–Crippen MR) is 109 cm³/mol. The van der Waals surface area contributed by atoms with Gasteiger partial charge in [0.15, 0.2) is 0 Å². The van der Waals surface area contributed by atoms with Gasteiger partial charge in [-0.15, -0.1) is 0 Å². The molecule has 4 heterocycles. The molecular formula is C19H28F3N5O3S. The zero-order valence-electron chi connectivity index (χ0n) is 17.3. The molecule has 3 fully saturated rings. The van der Waals surface area contributed by atoms with Crippen LogP contribution in [0.25, 0.3) is 0 Å². The number of halogens is 3. The van der Waals surface area contributed by atoms with Crippen LogP contribution in [0.5, 0.6) is 0 Å². The molecule has 1 aromatic rings. The highest BCUT2D eigenvalue weighted by Gasteiger charge is 2.36. The van der Waals surface area contributed by atoms with E-state index in [0.717, 1.165) is 38.2 Å². The lowest BCUT2D eigenvalue weighted by molar-refractivity contribution is -0.137. The first-order valence-electron chi connectivity index (χ1n) is 10.6. The average molecular weight is 464 g/mol. The summed E-state index contributed by atoms with van der Waals surface area (Å²) >= 11 is 0. The molecule has 0 radical (unpaired) electrons. The Labute approximate surface area is 180 Å². The van der Waals surface area contributed by atoms with Crippen molar-refractivity contribution < 1.29 is 26.3 Å². The van der Waals surface area contributed by atoms with E-state index < -0.39 is 21.9 Å². The first-order chi connectivity index (χ1) is 14.7. The van der Waals surface area contributed by atoms with Gasteiger partial charge in [0.05, 0.1) is 18.8 Å². The third kappa shape index (κ3) is 5.14. The molecule has 12 heteroatoms. The van der Waals surface area contributed by atoms with Crippen molar-refractivity contribution >= 4 is 16.0 Å². The maximum Gasteiger partial charge on any atom is 0.417 e. The van der Waals surface area contributed by atoms with Gasteiger partial charge >= 0.3 is 6.18 Å². The van der Waals surface area contributed by atoms with Gasteiger partial charge in [-0.3, -0.25) is 4.90 Å². The van der Waals surface area contributed by atoms with Gasteiger partial charge in [-0.2, -0.15) is 30.2 Å². The van der Waals surface area contributed by atoms with Gasteiger partial charge in [0, 0.05) is 64.6 Å². The zero-order valence-corrected chi connectivity index (χ0v) is 18.1. The second-order valence-electron chi connectivity index (χ2n) is 8.08. The summed E-state index contributed by atoms with van der Waals surface area (Å²) in [7, 11) is -3.43. The van der Waals surface area contributed by atoms with Crippen LogP contribution in [-0.2, 0) is 21.1 Å². The molecule has 3 aliphatic heterocycles. The molecule has 8 nitrogen and oxygen atoms in total. The van der Waals surface area contributed by atoms with Crippen molar-refractivity contribution in [2.75, 3.05) is 70.5 Å². The Morgan fingerprint density at radius 3 is 2.06 bits per heavy atom. The maximum atomic E-state index is 12.8. The maximum absolute atomic E-state index is 12.8. The topological polar surface area (TPSA) is 69.2 Å². The molecule has 0 saturated carbocycles. The fourth-order valence-corrected chi connectivity index (χ4v) is 6.04. The summed E-state index contributed by atoms with van der Waals surface area (Å²) in [6.45, 7) is 5.63. The number of piperidine rings is 1. The number of morpholine rings is 1. The standard InChI is InChI=1S/C19H28F3N5O3S/c20-19(21,22)16-1-2-18(23-15-16)25-9-7-24(8-10-25)17-3-5-26(6-4-17)31(28,29)27-11-13-30-14-12-27/h1-2,15,17H,3-14H2. The Morgan fingerprint density at radius 1 is 0.903 bits per heavy atom. The summed E-state index contributed by atoms with van der Waals surface area (Å²) in [5.41, 5.74) is -0.742. The molecule has 0 N–H and O–H groups in total.